The normalized spacial score (nSPS) is 11.7. The minimum Gasteiger partial charge on any atom is -0.231 e. The number of thioether (sulfide) groups is 1. The van der Waals surface area contributed by atoms with Crippen molar-refractivity contribution >= 4 is 23.4 Å². The van der Waals surface area contributed by atoms with E-state index >= 15 is 0 Å². The Kier molecular flexibility index (Phi) is 4.00. The van der Waals surface area contributed by atoms with Gasteiger partial charge in [0.05, 0.1) is 0 Å². The van der Waals surface area contributed by atoms with Crippen molar-refractivity contribution in [3.8, 4) is 0 Å². The van der Waals surface area contributed by atoms with E-state index in [0.717, 1.165) is 24.0 Å². The second-order valence-electron chi connectivity index (χ2n) is 2.26. The Morgan fingerprint density at radius 1 is 1.43 bits per heavy atom. The molecule has 1 rings (SSSR count). The van der Waals surface area contributed by atoms with Crippen LogP contribution in [0.3, 0.4) is 0 Å². The van der Waals surface area contributed by atoms with Crippen molar-refractivity contribution < 1.29 is 13.2 Å². The van der Waals surface area contributed by atoms with E-state index < -0.39 is 11.9 Å². The molecule has 0 unspecified atom stereocenters. The summed E-state index contributed by atoms with van der Waals surface area (Å²) in [5, 5.41) is 0.0977. The number of rotatable bonds is 3. The summed E-state index contributed by atoms with van der Waals surface area (Å²) in [7, 11) is 0. The molecule has 0 aliphatic rings. The zero-order valence-electron chi connectivity index (χ0n) is 6.88. The summed E-state index contributed by atoms with van der Waals surface area (Å²) in [4.78, 5) is 7.03. The smallest absolute Gasteiger partial charge is 0.231 e. The maximum atomic E-state index is 12.2. The van der Waals surface area contributed by atoms with Gasteiger partial charge in [0.2, 0.25) is 0 Å². The predicted molar refractivity (Wildman–Crippen MR) is 48.5 cm³/mol. The highest BCUT2D eigenvalue weighted by Gasteiger charge is 2.32. The summed E-state index contributed by atoms with van der Waals surface area (Å²) in [6.45, 7) is 0. The molecule has 2 nitrogen and oxygen atoms in total. The van der Waals surface area contributed by atoms with E-state index in [0.29, 0.717) is 11.6 Å². The number of alkyl halides is 4. The lowest BCUT2D eigenvalue weighted by Gasteiger charge is -2.05. The molecule has 14 heavy (non-hydrogen) atoms. The topological polar surface area (TPSA) is 25.8 Å². The van der Waals surface area contributed by atoms with Crippen molar-refractivity contribution in [3.63, 3.8) is 0 Å². The van der Waals surface area contributed by atoms with Gasteiger partial charge in [-0.3, -0.25) is 0 Å². The van der Waals surface area contributed by atoms with E-state index in [4.69, 9.17) is 11.6 Å². The maximum absolute atomic E-state index is 12.2. The minimum absolute atomic E-state index is 0.0977. The molecular weight excluding hydrogens is 237 g/mol. The summed E-state index contributed by atoms with van der Waals surface area (Å²) in [6.07, 6.45) is -3.33. The Morgan fingerprint density at radius 3 is 2.71 bits per heavy atom. The fourth-order valence-electron chi connectivity index (χ4n) is 0.698. The standard InChI is InChI=1S/C7H6ClF3N2S/c8-2-4-14-6-12-3-1-5(13-6)7(9,10)11/h1,3H,2,4H2. The minimum atomic E-state index is -4.42. The predicted octanol–water partition coefficient (Wildman–Crippen LogP) is 2.83. The number of hydrogen-bond acceptors (Lipinski definition) is 3. The molecule has 0 bridgehead atoms. The molecule has 0 aliphatic carbocycles. The maximum Gasteiger partial charge on any atom is 0.433 e. The van der Waals surface area contributed by atoms with Crippen LogP contribution < -0.4 is 0 Å². The van der Waals surface area contributed by atoms with Gasteiger partial charge in [0.25, 0.3) is 0 Å². The molecule has 0 aromatic carbocycles. The van der Waals surface area contributed by atoms with Crippen LogP contribution in [0.2, 0.25) is 0 Å². The quantitative estimate of drug-likeness (QED) is 0.463. The van der Waals surface area contributed by atoms with Crippen LogP contribution in [-0.2, 0) is 6.18 Å². The Balaban J connectivity index is 2.79. The fourth-order valence-corrected chi connectivity index (χ4v) is 1.49. The summed E-state index contributed by atoms with van der Waals surface area (Å²) in [5.74, 6) is 0.840. The van der Waals surface area contributed by atoms with Gasteiger partial charge in [-0.2, -0.15) is 13.2 Å². The third-order valence-corrected chi connectivity index (χ3v) is 2.51. The summed E-state index contributed by atoms with van der Waals surface area (Å²) >= 11 is 6.48. The van der Waals surface area contributed by atoms with Crippen molar-refractivity contribution in [1.82, 2.24) is 9.97 Å². The monoisotopic (exact) mass is 242 g/mol. The molecular formula is C7H6ClF3N2S. The van der Waals surface area contributed by atoms with Crippen LogP contribution in [0.4, 0.5) is 13.2 Å². The molecule has 0 fully saturated rings. The molecule has 0 radical (unpaired) electrons. The van der Waals surface area contributed by atoms with E-state index in [2.05, 4.69) is 9.97 Å². The number of aromatic nitrogens is 2. The van der Waals surface area contributed by atoms with E-state index in [1.165, 1.54) is 0 Å². The van der Waals surface area contributed by atoms with Crippen molar-refractivity contribution in [2.75, 3.05) is 11.6 Å². The molecule has 78 valence electrons. The highest BCUT2D eigenvalue weighted by molar-refractivity contribution is 7.99. The summed E-state index contributed by atoms with van der Waals surface area (Å²) < 4.78 is 36.5. The van der Waals surface area contributed by atoms with E-state index in [-0.39, 0.29) is 5.16 Å². The highest BCUT2D eigenvalue weighted by atomic mass is 35.5. The number of hydrogen-bond donors (Lipinski definition) is 0. The van der Waals surface area contributed by atoms with Gasteiger partial charge in [0.1, 0.15) is 5.69 Å². The van der Waals surface area contributed by atoms with Crippen molar-refractivity contribution in [2.45, 2.75) is 11.3 Å². The van der Waals surface area contributed by atoms with Crippen LogP contribution in [0.5, 0.6) is 0 Å². The average molecular weight is 243 g/mol. The van der Waals surface area contributed by atoms with E-state index in [1.54, 1.807) is 0 Å². The second-order valence-corrected chi connectivity index (χ2v) is 3.70. The van der Waals surface area contributed by atoms with E-state index in [1.807, 2.05) is 0 Å². The zero-order chi connectivity index (χ0) is 10.6. The third-order valence-electron chi connectivity index (χ3n) is 1.23. The van der Waals surface area contributed by atoms with Gasteiger partial charge >= 0.3 is 6.18 Å². The number of halogens is 4. The van der Waals surface area contributed by atoms with Crippen molar-refractivity contribution in [2.24, 2.45) is 0 Å². The molecule has 0 N–H and O–H groups in total. The fraction of sp³-hybridized carbons (Fsp3) is 0.429. The summed E-state index contributed by atoms with van der Waals surface area (Å²) in [5.41, 5.74) is -0.926. The zero-order valence-corrected chi connectivity index (χ0v) is 8.46. The average Bonchev–Trinajstić information content (AvgIpc) is 2.14. The van der Waals surface area contributed by atoms with Crippen molar-refractivity contribution in [1.29, 1.82) is 0 Å². The lowest BCUT2D eigenvalue weighted by Crippen LogP contribution is -2.08. The van der Waals surface area contributed by atoms with Gasteiger partial charge in [-0.15, -0.1) is 11.6 Å². The summed E-state index contributed by atoms with van der Waals surface area (Å²) in [6, 6.07) is 0.838. The third kappa shape index (κ3) is 3.34. The van der Waals surface area contributed by atoms with Crippen LogP contribution in [0.1, 0.15) is 5.69 Å². The van der Waals surface area contributed by atoms with E-state index in [9.17, 15) is 13.2 Å². The highest BCUT2D eigenvalue weighted by Crippen LogP contribution is 2.28. The van der Waals surface area contributed by atoms with Crippen LogP contribution in [0.15, 0.2) is 17.4 Å². The first-order valence-corrected chi connectivity index (χ1v) is 5.15. The van der Waals surface area contributed by atoms with Gasteiger partial charge in [-0.05, 0) is 6.07 Å². The molecule has 1 aromatic heterocycles. The SMILES string of the molecule is FC(F)(F)c1ccnc(SCCCl)n1. The van der Waals surface area contributed by atoms with Crippen LogP contribution >= 0.6 is 23.4 Å². The molecule has 0 atom stereocenters. The molecule has 0 spiro atoms. The van der Waals surface area contributed by atoms with Crippen LogP contribution in [0.25, 0.3) is 0 Å². The lowest BCUT2D eigenvalue weighted by molar-refractivity contribution is -0.141. The first-order chi connectivity index (χ1) is 6.54. The Bertz CT molecular complexity index is 305. The first kappa shape index (κ1) is 11.6. The molecule has 1 heterocycles. The Hall–Kier alpha value is -0.490. The molecule has 0 saturated carbocycles. The first-order valence-electron chi connectivity index (χ1n) is 3.63. The second kappa shape index (κ2) is 4.84. The van der Waals surface area contributed by atoms with Crippen LogP contribution in [-0.4, -0.2) is 21.6 Å². The molecule has 0 aliphatic heterocycles. The Morgan fingerprint density at radius 2 is 2.14 bits per heavy atom. The molecule has 0 saturated heterocycles. The van der Waals surface area contributed by atoms with Gasteiger partial charge < -0.3 is 0 Å². The molecule has 7 heteroatoms. The van der Waals surface area contributed by atoms with Crippen LogP contribution in [0, 0.1) is 0 Å². The molecule has 0 amide bonds. The van der Waals surface area contributed by atoms with Crippen molar-refractivity contribution in [3.05, 3.63) is 18.0 Å². The number of nitrogens with zero attached hydrogens (tertiary/aromatic N) is 2. The largest absolute Gasteiger partial charge is 0.433 e. The van der Waals surface area contributed by atoms with Gasteiger partial charge in [-0.1, -0.05) is 11.8 Å². The van der Waals surface area contributed by atoms with Gasteiger partial charge in [-0.25, -0.2) is 9.97 Å². The lowest BCUT2D eigenvalue weighted by atomic mass is 10.4. The van der Waals surface area contributed by atoms with Gasteiger partial charge in [0, 0.05) is 17.8 Å². The Labute approximate surface area is 87.9 Å². The van der Waals surface area contributed by atoms with Gasteiger partial charge in [0.15, 0.2) is 5.16 Å². The molecule has 1 aromatic rings.